The summed E-state index contributed by atoms with van der Waals surface area (Å²) in [6.45, 7) is 3.77. The van der Waals surface area contributed by atoms with Crippen molar-refractivity contribution < 1.29 is 5.11 Å². The van der Waals surface area contributed by atoms with Crippen molar-refractivity contribution in [3.05, 3.63) is 29.3 Å². The van der Waals surface area contributed by atoms with E-state index in [0.717, 1.165) is 37.2 Å². The molecule has 1 N–H and O–H groups in total. The van der Waals surface area contributed by atoms with Gasteiger partial charge in [0.2, 0.25) is 0 Å². The molecular formula is C16H23N3O. The Morgan fingerprint density at radius 3 is 2.85 bits per heavy atom. The summed E-state index contributed by atoms with van der Waals surface area (Å²) >= 11 is 0. The third kappa shape index (κ3) is 3.12. The molecule has 2 rings (SSSR count). The highest BCUT2D eigenvalue weighted by atomic mass is 16.3. The molecule has 0 radical (unpaired) electrons. The molecular weight excluding hydrogens is 250 g/mol. The zero-order valence-corrected chi connectivity index (χ0v) is 12.5. The molecule has 1 aliphatic heterocycles. The van der Waals surface area contributed by atoms with Crippen molar-refractivity contribution in [2.75, 3.05) is 32.1 Å². The van der Waals surface area contributed by atoms with Crippen molar-refractivity contribution in [2.24, 2.45) is 0 Å². The molecule has 0 spiro atoms. The van der Waals surface area contributed by atoms with Crippen molar-refractivity contribution in [3.8, 4) is 6.07 Å². The molecule has 1 fully saturated rings. The molecule has 0 amide bonds. The lowest BCUT2D eigenvalue weighted by Crippen LogP contribution is -2.38. The summed E-state index contributed by atoms with van der Waals surface area (Å²) in [5.41, 5.74) is 2.58. The Morgan fingerprint density at radius 2 is 2.25 bits per heavy atom. The number of hydrogen-bond donors (Lipinski definition) is 1. The summed E-state index contributed by atoms with van der Waals surface area (Å²) in [5.74, 6) is 0. The van der Waals surface area contributed by atoms with E-state index in [1.807, 2.05) is 12.1 Å². The number of aliphatic hydroxyl groups excluding tert-OH is 1. The van der Waals surface area contributed by atoms with Crippen LogP contribution in [0.4, 0.5) is 5.69 Å². The van der Waals surface area contributed by atoms with E-state index in [1.54, 1.807) is 13.0 Å². The third-order valence-corrected chi connectivity index (χ3v) is 3.87. The Morgan fingerprint density at radius 1 is 1.50 bits per heavy atom. The van der Waals surface area contributed by atoms with Gasteiger partial charge in [-0.3, -0.25) is 0 Å². The standard InChI is InChI=1S/C16H23N3O/c1-12(20)15-7-6-13(10-17)9-16(15)19-8-4-5-14(19)11-18(2)3/h6-7,9,12,14,20H,4-5,8,11H2,1-3H3/t12-,14?/m1/s1. The number of nitrogens with zero attached hydrogens (tertiary/aromatic N) is 3. The van der Waals surface area contributed by atoms with Gasteiger partial charge in [0.25, 0.3) is 0 Å². The number of likely N-dealkylation sites (N-methyl/N-ethyl adjacent to an activating group) is 1. The zero-order valence-electron chi connectivity index (χ0n) is 12.5. The second kappa shape index (κ2) is 6.25. The molecule has 0 aromatic heterocycles. The van der Waals surface area contributed by atoms with E-state index in [4.69, 9.17) is 5.26 Å². The van der Waals surface area contributed by atoms with Gasteiger partial charge in [-0.2, -0.15) is 5.26 Å². The summed E-state index contributed by atoms with van der Waals surface area (Å²) in [6, 6.07) is 8.22. The Kier molecular flexibility index (Phi) is 4.64. The topological polar surface area (TPSA) is 50.5 Å². The summed E-state index contributed by atoms with van der Waals surface area (Å²) in [6.07, 6.45) is 1.81. The minimum absolute atomic E-state index is 0.455. The van der Waals surface area contributed by atoms with Gasteiger partial charge in [0.05, 0.1) is 17.7 Å². The van der Waals surface area contributed by atoms with Crippen molar-refractivity contribution in [3.63, 3.8) is 0 Å². The number of benzene rings is 1. The second-order valence-electron chi connectivity index (χ2n) is 5.81. The van der Waals surface area contributed by atoms with E-state index in [9.17, 15) is 5.11 Å². The molecule has 20 heavy (non-hydrogen) atoms. The normalized spacial score (nSPS) is 20.2. The van der Waals surface area contributed by atoms with Crippen LogP contribution in [0, 0.1) is 11.3 Å². The maximum Gasteiger partial charge on any atom is 0.0992 e. The highest BCUT2D eigenvalue weighted by Gasteiger charge is 2.27. The Balaban J connectivity index is 2.36. The van der Waals surface area contributed by atoms with Crippen molar-refractivity contribution in [2.45, 2.75) is 31.9 Å². The van der Waals surface area contributed by atoms with E-state index in [2.05, 4.69) is 30.0 Å². The molecule has 1 aliphatic rings. The van der Waals surface area contributed by atoms with E-state index in [1.165, 1.54) is 0 Å². The van der Waals surface area contributed by atoms with Crippen molar-refractivity contribution >= 4 is 5.69 Å². The molecule has 1 aromatic rings. The number of nitriles is 1. The molecule has 4 heteroatoms. The molecule has 0 saturated carbocycles. The summed E-state index contributed by atoms with van der Waals surface area (Å²) in [4.78, 5) is 4.54. The Labute approximate surface area is 121 Å². The van der Waals surface area contributed by atoms with Crippen LogP contribution in [0.15, 0.2) is 18.2 Å². The quantitative estimate of drug-likeness (QED) is 0.913. The van der Waals surface area contributed by atoms with Gasteiger partial charge in [-0.15, -0.1) is 0 Å². The lowest BCUT2D eigenvalue weighted by atomic mass is 10.0. The van der Waals surface area contributed by atoms with Gasteiger partial charge in [0.1, 0.15) is 0 Å². The molecule has 2 atom stereocenters. The van der Waals surface area contributed by atoms with Crippen LogP contribution >= 0.6 is 0 Å². The van der Waals surface area contributed by atoms with Gasteiger partial charge in [-0.05, 0) is 46.0 Å². The van der Waals surface area contributed by atoms with Crippen LogP contribution in [-0.4, -0.2) is 43.2 Å². The molecule has 1 heterocycles. The van der Waals surface area contributed by atoms with Gasteiger partial charge in [-0.25, -0.2) is 0 Å². The molecule has 108 valence electrons. The van der Waals surface area contributed by atoms with Crippen molar-refractivity contribution in [1.82, 2.24) is 4.90 Å². The van der Waals surface area contributed by atoms with Crippen LogP contribution in [0.3, 0.4) is 0 Å². The fourth-order valence-corrected chi connectivity index (χ4v) is 2.98. The zero-order chi connectivity index (χ0) is 14.7. The first kappa shape index (κ1) is 14.8. The molecule has 1 aromatic carbocycles. The average molecular weight is 273 g/mol. The van der Waals surface area contributed by atoms with Gasteiger partial charge in [0.15, 0.2) is 0 Å². The van der Waals surface area contributed by atoms with Crippen LogP contribution in [-0.2, 0) is 0 Å². The summed E-state index contributed by atoms with van der Waals surface area (Å²) in [7, 11) is 4.16. The van der Waals surface area contributed by atoms with Crippen molar-refractivity contribution in [1.29, 1.82) is 5.26 Å². The fraction of sp³-hybridized carbons (Fsp3) is 0.562. The van der Waals surface area contributed by atoms with Gasteiger partial charge < -0.3 is 14.9 Å². The fourth-order valence-electron chi connectivity index (χ4n) is 2.98. The number of rotatable bonds is 4. The van der Waals surface area contributed by atoms with Gasteiger partial charge in [0, 0.05) is 30.4 Å². The lowest BCUT2D eigenvalue weighted by molar-refractivity contribution is 0.199. The highest BCUT2D eigenvalue weighted by Crippen LogP contribution is 2.33. The van der Waals surface area contributed by atoms with Crippen LogP contribution in [0.25, 0.3) is 0 Å². The lowest BCUT2D eigenvalue weighted by Gasteiger charge is -2.31. The predicted octanol–water partition coefficient (Wildman–Crippen LogP) is 2.14. The summed E-state index contributed by atoms with van der Waals surface area (Å²) < 4.78 is 0. The first-order valence-corrected chi connectivity index (χ1v) is 7.16. The van der Waals surface area contributed by atoms with Gasteiger partial charge >= 0.3 is 0 Å². The average Bonchev–Trinajstić information content (AvgIpc) is 2.85. The third-order valence-electron chi connectivity index (χ3n) is 3.87. The second-order valence-corrected chi connectivity index (χ2v) is 5.81. The minimum Gasteiger partial charge on any atom is -0.389 e. The number of hydrogen-bond acceptors (Lipinski definition) is 4. The Bertz CT molecular complexity index is 505. The molecule has 1 saturated heterocycles. The monoisotopic (exact) mass is 273 g/mol. The molecule has 1 unspecified atom stereocenters. The van der Waals surface area contributed by atoms with Crippen LogP contribution < -0.4 is 4.90 Å². The van der Waals surface area contributed by atoms with E-state index in [-0.39, 0.29) is 0 Å². The largest absolute Gasteiger partial charge is 0.389 e. The number of aliphatic hydroxyl groups is 1. The predicted molar refractivity (Wildman–Crippen MR) is 80.7 cm³/mol. The van der Waals surface area contributed by atoms with E-state index < -0.39 is 6.10 Å². The maximum atomic E-state index is 9.98. The van der Waals surface area contributed by atoms with Crippen LogP contribution in [0.2, 0.25) is 0 Å². The molecule has 4 nitrogen and oxygen atoms in total. The smallest absolute Gasteiger partial charge is 0.0992 e. The van der Waals surface area contributed by atoms with E-state index in [0.29, 0.717) is 11.6 Å². The first-order chi connectivity index (χ1) is 9.52. The Hall–Kier alpha value is -1.57. The summed E-state index contributed by atoms with van der Waals surface area (Å²) in [5, 5.41) is 19.1. The molecule has 0 aliphatic carbocycles. The highest BCUT2D eigenvalue weighted by molar-refractivity contribution is 5.59. The van der Waals surface area contributed by atoms with Gasteiger partial charge in [-0.1, -0.05) is 6.07 Å². The maximum absolute atomic E-state index is 9.98. The first-order valence-electron chi connectivity index (χ1n) is 7.16. The van der Waals surface area contributed by atoms with Crippen LogP contribution in [0.1, 0.15) is 37.0 Å². The SMILES string of the molecule is C[C@@H](O)c1ccc(C#N)cc1N1CCCC1CN(C)C. The van der Waals surface area contributed by atoms with E-state index >= 15 is 0 Å². The van der Waals surface area contributed by atoms with Crippen LogP contribution in [0.5, 0.6) is 0 Å². The minimum atomic E-state index is -0.515. The number of anilines is 1. The molecule has 0 bridgehead atoms.